The van der Waals surface area contributed by atoms with Crippen LogP contribution in [0.2, 0.25) is 0 Å². The molecule has 5 nitrogen and oxygen atoms in total. The van der Waals surface area contributed by atoms with Crippen LogP contribution >= 0.6 is 12.4 Å². The zero-order chi connectivity index (χ0) is 12.6. The minimum atomic E-state index is -0.639. The molecule has 3 N–H and O–H groups in total. The van der Waals surface area contributed by atoms with Gasteiger partial charge in [0, 0.05) is 7.05 Å². The number of nitrogens with zero attached hydrogens (tertiary/aromatic N) is 2. The van der Waals surface area contributed by atoms with Crippen molar-refractivity contribution >= 4 is 35.3 Å². The molecule has 2 rings (SSSR count). The fraction of sp³-hybridized carbons (Fsp3) is 0.273. The van der Waals surface area contributed by atoms with Gasteiger partial charge < -0.3 is 10.3 Å². The molecule has 1 amide bonds. The summed E-state index contributed by atoms with van der Waals surface area (Å²) in [6.45, 7) is 1.57. The summed E-state index contributed by atoms with van der Waals surface area (Å²) in [7, 11) is 1.70. The van der Waals surface area contributed by atoms with Gasteiger partial charge in [-0.05, 0) is 19.1 Å². The van der Waals surface area contributed by atoms with E-state index in [0.29, 0.717) is 5.52 Å². The summed E-state index contributed by atoms with van der Waals surface area (Å²) in [5, 5.41) is 2.55. The highest BCUT2D eigenvalue weighted by Crippen LogP contribution is 2.20. The Balaban J connectivity index is 0.00000162. The number of hydrogen-bond donors (Lipinski definition) is 2. The molecule has 2 aromatic rings. The summed E-state index contributed by atoms with van der Waals surface area (Å²) < 4.78 is 15.1. The van der Waals surface area contributed by atoms with Crippen molar-refractivity contribution in [2.45, 2.75) is 13.0 Å². The molecule has 0 fully saturated rings. The summed E-state index contributed by atoms with van der Waals surface area (Å²) in [6.07, 6.45) is 0. The zero-order valence-electron chi connectivity index (χ0n) is 9.98. The van der Waals surface area contributed by atoms with Crippen LogP contribution in [0.5, 0.6) is 0 Å². The quantitative estimate of drug-likeness (QED) is 0.868. The maximum Gasteiger partial charge on any atom is 0.243 e. The number of benzene rings is 1. The topological polar surface area (TPSA) is 72.9 Å². The number of amides is 1. The number of aromatic nitrogens is 2. The minimum absolute atomic E-state index is 0. The van der Waals surface area contributed by atoms with E-state index in [2.05, 4.69) is 10.3 Å². The second-order valence-electron chi connectivity index (χ2n) is 3.88. The average molecular weight is 273 g/mol. The van der Waals surface area contributed by atoms with E-state index in [9.17, 15) is 9.18 Å². The van der Waals surface area contributed by atoms with Crippen molar-refractivity contribution in [2.75, 3.05) is 5.32 Å². The Hall–Kier alpha value is -1.66. The van der Waals surface area contributed by atoms with Gasteiger partial charge in [0.1, 0.15) is 5.52 Å². The second kappa shape index (κ2) is 5.32. The molecule has 0 saturated heterocycles. The van der Waals surface area contributed by atoms with Crippen LogP contribution in [0.15, 0.2) is 18.2 Å². The summed E-state index contributed by atoms with van der Waals surface area (Å²) in [6, 6.07) is 4.01. The van der Waals surface area contributed by atoms with Crippen LogP contribution in [0.25, 0.3) is 11.0 Å². The summed E-state index contributed by atoms with van der Waals surface area (Å²) in [4.78, 5) is 15.5. The molecule has 98 valence electrons. The first kappa shape index (κ1) is 14.4. The van der Waals surface area contributed by atoms with E-state index in [1.54, 1.807) is 30.7 Å². The molecule has 0 bridgehead atoms. The number of carbonyl (C=O) groups is 1. The van der Waals surface area contributed by atoms with Crippen molar-refractivity contribution in [1.29, 1.82) is 0 Å². The van der Waals surface area contributed by atoms with E-state index in [1.165, 1.54) is 6.07 Å². The highest BCUT2D eigenvalue weighted by molar-refractivity contribution is 5.94. The molecule has 0 spiro atoms. The normalized spacial score (nSPS) is 12.0. The van der Waals surface area contributed by atoms with Crippen molar-refractivity contribution in [3.8, 4) is 0 Å². The molecule has 0 unspecified atom stereocenters. The van der Waals surface area contributed by atoms with E-state index >= 15 is 0 Å². The lowest BCUT2D eigenvalue weighted by atomic mass is 10.3. The summed E-state index contributed by atoms with van der Waals surface area (Å²) in [5.41, 5.74) is 6.28. The van der Waals surface area contributed by atoms with E-state index < -0.39 is 11.9 Å². The molecule has 18 heavy (non-hydrogen) atoms. The van der Waals surface area contributed by atoms with Crippen LogP contribution in [-0.4, -0.2) is 21.5 Å². The maximum atomic E-state index is 13.5. The predicted molar refractivity (Wildman–Crippen MR) is 70.2 cm³/mol. The molecule has 0 aliphatic heterocycles. The number of anilines is 1. The highest BCUT2D eigenvalue weighted by atomic mass is 35.5. The summed E-state index contributed by atoms with van der Waals surface area (Å²) in [5.74, 6) is -0.490. The van der Waals surface area contributed by atoms with E-state index in [-0.39, 0.29) is 29.8 Å². The molecule has 1 heterocycles. The first-order valence-corrected chi connectivity index (χ1v) is 5.18. The Bertz CT molecular complexity index is 582. The fourth-order valence-corrected chi connectivity index (χ4v) is 1.52. The monoisotopic (exact) mass is 272 g/mol. The lowest BCUT2D eigenvalue weighted by molar-refractivity contribution is -0.117. The van der Waals surface area contributed by atoms with Crippen molar-refractivity contribution in [3.05, 3.63) is 24.0 Å². The summed E-state index contributed by atoms with van der Waals surface area (Å²) >= 11 is 0. The van der Waals surface area contributed by atoms with Gasteiger partial charge in [-0.2, -0.15) is 0 Å². The van der Waals surface area contributed by atoms with Gasteiger partial charge in [0.15, 0.2) is 5.82 Å². The zero-order valence-corrected chi connectivity index (χ0v) is 10.8. The van der Waals surface area contributed by atoms with Gasteiger partial charge in [-0.15, -0.1) is 12.4 Å². The number of halogens is 2. The number of aryl methyl sites for hydroxylation is 1. The van der Waals surface area contributed by atoms with Crippen LogP contribution < -0.4 is 11.1 Å². The Morgan fingerprint density at radius 2 is 2.22 bits per heavy atom. The number of hydrogen-bond acceptors (Lipinski definition) is 3. The number of para-hydroxylation sites is 1. The third-order valence-electron chi connectivity index (χ3n) is 2.51. The molecule has 0 saturated carbocycles. The maximum absolute atomic E-state index is 13.5. The third kappa shape index (κ3) is 2.44. The fourth-order valence-electron chi connectivity index (χ4n) is 1.52. The molecule has 0 radical (unpaired) electrons. The molecule has 7 heteroatoms. The van der Waals surface area contributed by atoms with Crippen molar-refractivity contribution < 1.29 is 9.18 Å². The Morgan fingerprint density at radius 1 is 1.56 bits per heavy atom. The van der Waals surface area contributed by atoms with Gasteiger partial charge in [-0.1, -0.05) is 6.07 Å². The molecular weight excluding hydrogens is 259 g/mol. The lowest BCUT2D eigenvalue weighted by Crippen LogP contribution is -2.33. The molecule has 1 atom stereocenters. The number of carbonyl (C=O) groups excluding carboxylic acids is 1. The number of nitrogens with one attached hydrogen (secondary N) is 1. The smallest absolute Gasteiger partial charge is 0.243 e. The molecular formula is C11H14ClFN4O. The SMILES string of the molecule is C[C@@H](N)C(=O)Nc1nc2c(F)cccc2n1C.Cl. The standard InChI is InChI=1S/C11H13FN4O.ClH/c1-6(13)10(17)15-11-14-9-7(12)4-3-5-8(9)16(11)2;/h3-6H,13H2,1-2H3,(H,14,15,17);1H/t6-;/m1./s1. The second-order valence-corrected chi connectivity index (χ2v) is 3.88. The van der Waals surface area contributed by atoms with Crippen LogP contribution in [0.3, 0.4) is 0 Å². The molecule has 1 aromatic heterocycles. The minimum Gasteiger partial charge on any atom is -0.320 e. The van der Waals surface area contributed by atoms with E-state index in [0.717, 1.165) is 0 Å². The van der Waals surface area contributed by atoms with E-state index in [4.69, 9.17) is 5.73 Å². The number of fused-ring (bicyclic) bond motifs is 1. The van der Waals surface area contributed by atoms with Gasteiger partial charge in [0.05, 0.1) is 11.6 Å². The van der Waals surface area contributed by atoms with Crippen LogP contribution in [0.1, 0.15) is 6.92 Å². The van der Waals surface area contributed by atoms with Crippen LogP contribution in [0, 0.1) is 5.82 Å². The number of rotatable bonds is 2. The Labute approximate surface area is 110 Å². The van der Waals surface area contributed by atoms with Gasteiger partial charge in [0.25, 0.3) is 0 Å². The third-order valence-corrected chi connectivity index (χ3v) is 2.51. The van der Waals surface area contributed by atoms with E-state index in [1.807, 2.05) is 0 Å². The van der Waals surface area contributed by atoms with Crippen molar-refractivity contribution in [1.82, 2.24) is 9.55 Å². The largest absolute Gasteiger partial charge is 0.320 e. The van der Waals surface area contributed by atoms with Gasteiger partial charge >= 0.3 is 0 Å². The number of imidazole rings is 1. The van der Waals surface area contributed by atoms with Gasteiger partial charge in [-0.25, -0.2) is 9.37 Å². The molecule has 0 aliphatic rings. The van der Waals surface area contributed by atoms with Crippen molar-refractivity contribution in [3.63, 3.8) is 0 Å². The van der Waals surface area contributed by atoms with Gasteiger partial charge in [-0.3, -0.25) is 10.1 Å². The average Bonchev–Trinajstić information content (AvgIpc) is 2.58. The molecule has 1 aromatic carbocycles. The van der Waals surface area contributed by atoms with Crippen LogP contribution in [0.4, 0.5) is 10.3 Å². The first-order valence-electron chi connectivity index (χ1n) is 5.18. The van der Waals surface area contributed by atoms with Crippen LogP contribution in [-0.2, 0) is 11.8 Å². The first-order chi connectivity index (χ1) is 8.00. The lowest BCUT2D eigenvalue weighted by Gasteiger charge is -2.06. The Morgan fingerprint density at radius 3 is 2.78 bits per heavy atom. The Kier molecular flexibility index (Phi) is 4.26. The molecule has 0 aliphatic carbocycles. The van der Waals surface area contributed by atoms with Gasteiger partial charge in [0.2, 0.25) is 11.9 Å². The van der Waals surface area contributed by atoms with Crippen molar-refractivity contribution in [2.24, 2.45) is 12.8 Å². The number of nitrogens with two attached hydrogens (primary N) is 1. The highest BCUT2D eigenvalue weighted by Gasteiger charge is 2.14. The predicted octanol–water partition coefficient (Wildman–Crippen LogP) is 1.42.